The van der Waals surface area contributed by atoms with Crippen molar-refractivity contribution in [2.75, 3.05) is 11.1 Å². The third-order valence-electron chi connectivity index (χ3n) is 3.23. The highest BCUT2D eigenvalue weighted by Crippen LogP contribution is 2.22. The van der Waals surface area contributed by atoms with E-state index in [9.17, 15) is 0 Å². The maximum Gasteiger partial charge on any atom is 0.161 e. The molecule has 1 N–H and O–H groups in total. The lowest BCUT2D eigenvalue weighted by Gasteiger charge is -2.04. The largest absolute Gasteiger partial charge is 0.332 e. The maximum atomic E-state index is 4.75. The number of aryl methyl sites for hydroxylation is 1. The number of hydrogen-bond donors (Lipinski definition) is 1. The summed E-state index contributed by atoms with van der Waals surface area (Å²) < 4.78 is 1.91. The van der Waals surface area contributed by atoms with Crippen LogP contribution < -0.4 is 5.32 Å². The minimum Gasteiger partial charge on any atom is -0.332 e. The third-order valence-corrected chi connectivity index (χ3v) is 4.27. The molecule has 1 aromatic heterocycles. The Balaban J connectivity index is 1.60. The van der Waals surface area contributed by atoms with Gasteiger partial charge in [0.05, 0.1) is 17.9 Å². The second-order valence-electron chi connectivity index (χ2n) is 4.80. The van der Waals surface area contributed by atoms with E-state index in [-0.39, 0.29) is 0 Å². The van der Waals surface area contributed by atoms with E-state index in [1.54, 1.807) is 11.8 Å². The Kier molecular flexibility index (Phi) is 4.06. The highest BCUT2D eigenvalue weighted by molar-refractivity contribution is 8.14. The average Bonchev–Trinajstić information content (AvgIpc) is 3.10. The van der Waals surface area contributed by atoms with Gasteiger partial charge in [-0.3, -0.25) is 9.67 Å². The molecule has 20 heavy (non-hydrogen) atoms. The van der Waals surface area contributed by atoms with Crippen molar-refractivity contribution in [1.29, 1.82) is 0 Å². The van der Waals surface area contributed by atoms with Crippen molar-refractivity contribution in [2.45, 2.75) is 25.9 Å². The van der Waals surface area contributed by atoms with E-state index in [1.807, 2.05) is 17.1 Å². The number of thioether (sulfide) groups is 1. The zero-order chi connectivity index (χ0) is 13.8. The molecule has 2 aromatic rings. The molecule has 0 radical (unpaired) electrons. The van der Waals surface area contributed by atoms with E-state index < -0.39 is 0 Å². The first-order chi connectivity index (χ1) is 9.83. The highest BCUT2D eigenvalue weighted by Gasteiger charge is 2.18. The number of anilines is 1. The summed E-state index contributed by atoms with van der Waals surface area (Å²) >= 11 is 1.78. The molecular formula is C15H18N4S. The first kappa shape index (κ1) is 13.2. The number of nitrogens with zero attached hydrogens (tertiary/aromatic N) is 3. The summed E-state index contributed by atoms with van der Waals surface area (Å²) in [6, 6.07) is 10.9. The van der Waals surface area contributed by atoms with Crippen molar-refractivity contribution in [3.8, 4) is 0 Å². The first-order valence-corrected chi connectivity index (χ1v) is 7.86. The summed E-state index contributed by atoms with van der Waals surface area (Å²) in [4.78, 5) is 4.75. The van der Waals surface area contributed by atoms with Gasteiger partial charge in [-0.05, 0) is 18.9 Å². The van der Waals surface area contributed by atoms with Gasteiger partial charge in [0, 0.05) is 18.5 Å². The van der Waals surface area contributed by atoms with Crippen LogP contribution in [0.3, 0.4) is 0 Å². The molecule has 0 spiro atoms. The summed E-state index contributed by atoms with van der Waals surface area (Å²) in [5.74, 6) is 1.04. The number of benzene rings is 1. The molecule has 0 saturated heterocycles. The minimum absolute atomic E-state index is 0.367. The van der Waals surface area contributed by atoms with Gasteiger partial charge in [0.25, 0.3) is 0 Å². The minimum atomic E-state index is 0.367. The molecule has 0 saturated carbocycles. The quantitative estimate of drug-likeness (QED) is 0.939. The van der Waals surface area contributed by atoms with E-state index in [2.05, 4.69) is 47.7 Å². The van der Waals surface area contributed by atoms with E-state index in [0.717, 1.165) is 29.6 Å². The summed E-state index contributed by atoms with van der Waals surface area (Å²) in [5, 5.41) is 8.60. The fourth-order valence-corrected chi connectivity index (χ4v) is 3.16. The number of amidine groups is 1. The molecule has 4 nitrogen and oxygen atoms in total. The highest BCUT2D eigenvalue weighted by atomic mass is 32.2. The topological polar surface area (TPSA) is 42.2 Å². The fourth-order valence-electron chi connectivity index (χ4n) is 2.20. The SMILES string of the molecule is CCn1cc(NC2=NC(Cc3ccccc3)CS2)cn1. The molecule has 1 aliphatic rings. The third kappa shape index (κ3) is 3.22. The summed E-state index contributed by atoms with van der Waals surface area (Å²) in [5.41, 5.74) is 2.36. The van der Waals surface area contributed by atoms with Crippen LogP contribution in [0.15, 0.2) is 47.7 Å². The van der Waals surface area contributed by atoms with E-state index in [4.69, 9.17) is 4.99 Å². The van der Waals surface area contributed by atoms with Gasteiger partial charge < -0.3 is 5.32 Å². The van der Waals surface area contributed by atoms with Crippen molar-refractivity contribution < 1.29 is 0 Å². The maximum absolute atomic E-state index is 4.75. The molecule has 2 heterocycles. The molecule has 0 bridgehead atoms. The van der Waals surface area contributed by atoms with Crippen LogP contribution in [0.25, 0.3) is 0 Å². The van der Waals surface area contributed by atoms with Crippen LogP contribution in [0.2, 0.25) is 0 Å². The van der Waals surface area contributed by atoms with Crippen LogP contribution in [0.1, 0.15) is 12.5 Å². The molecule has 5 heteroatoms. The Hall–Kier alpha value is -1.75. The van der Waals surface area contributed by atoms with Crippen LogP contribution in [-0.2, 0) is 13.0 Å². The van der Waals surface area contributed by atoms with Crippen LogP contribution >= 0.6 is 11.8 Å². The number of nitrogens with one attached hydrogen (secondary N) is 1. The van der Waals surface area contributed by atoms with Crippen LogP contribution in [0.5, 0.6) is 0 Å². The molecule has 0 fully saturated rings. The molecule has 104 valence electrons. The zero-order valence-electron chi connectivity index (χ0n) is 11.5. The predicted octanol–water partition coefficient (Wildman–Crippen LogP) is 3.03. The molecule has 0 aliphatic carbocycles. The Morgan fingerprint density at radius 2 is 2.20 bits per heavy atom. The van der Waals surface area contributed by atoms with E-state index in [1.165, 1.54) is 5.56 Å². The van der Waals surface area contributed by atoms with Crippen LogP contribution in [0, 0.1) is 0 Å². The van der Waals surface area contributed by atoms with Crippen molar-refractivity contribution in [2.24, 2.45) is 4.99 Å². The van der Waals surface area contributed by atoms with Gasteiger partial charge in [-0.1, -0.05) is 42.1 Å². The molecule has 1 aromatic carbocycles. The smallest absolute Gasteiger partial charge is 0.161 e. The van der Waals surface area contributed by atoms with Crippen molar-refractivity contribution in [3.63, 3.8) is 0 Å². The van der Waals surface area contributed by atoms with Crippen LogP contribution in [0.4, 0.5) is 5.69 Å². The molecular weight excluding hydrogens is 268 g/mol. The Labute approximate surface area is 123 Å². The molecule has 1 aliphatic heterocycles. The second-order valence-corrected chi connectivity index (χ2v) is 5.81. The standard InChI is InChI=1S/C15H18N4S/c1-2-19-10-14(9-16-19)18-15-17-13(11-20-15)8-12-6-4-3-5-7-12/h3-7,9-10,13H,2,8,11H2,1H3,(H,17,18). The monoisotopic (exact) mass is 286 g/mol. The molecule has 3 rings (SSSR count). The van der Waals surface area contributed by atoms with Gasteiger partial charge >= 0.3 is 0 Å². The van der Waals surface area contributed by atoms with Crippen molar-refractivity contribution >= 4 is 22.6 Å². The van der Waals surface area contributed by atoms with Gasteiger partial charge in [-0.15, -0.1) is 0 Å². The number of aliphatic imine (C=N–C) groups is 1. The number of hydrogen-bond acceptors (Lipinski definition) is 4. The summed E-state index contributed by atoms with van der Waals surface area (Å²) in [6.07, 6.45) is 4.86. The van der Waals surface area contributed by atoms with Gasteiger partial charge in [0.1, 0.15) is 0 Å². The zero-order valence-corrected chi connectivity index (χ0v) is 12.3. The first-order valence-electron chi connectivity index (χ1n) is 6.87. The Bertz CT molecular complexity index is 591. The average molecular weight is 286 g/mol. The van der Waals surface area contributed by atoms with Gasteiger partial charge in [0.2, 0.25) is 0 Å². The predicted molar refractivity (Wildman–Crippen MR) is 85.4 cm³/mol. The lowest BCUT2D eigenvalue weighted by atomic mass is 10.1. The molecule has 1 atom stereocenters. The second kappa shape index (κ2) is 6.13. The lowest BCUT2D eigenvalue weighted by molar-refractivity contribution is 0.660. The summed E-state index contributed by atoms with van der Waals surface area (Å²) in [6.45, 7) is 2.96. The molecule has 1 unspecified atom stereocenters. The normalized spacial score (nSPS) is 18.1. The Morgan fingerprint density at radius 1 is 1.35 bits per heavy atom. The number of rotatable bonds is 4. The lowest BCUT2D eigenvalue weighted by Crippen LogP contribution is -2.08. The van der Waals surface area contributed by atoms with Crippen molar-refractivity contribution in [1.82, 2.24) is 9.78 Å². The van der Waals surface area contributed by atoms with Crippen molar-refractivity contribution in [3.05, 3.63) is 48.3 Å². The van der Waals surface area contributed by atoms with Gasteiger partial charge in [-0.25, -0.2) is 0 Å². The van der Waals surface area contributed by atoms with Gasteiger partial charge in [0.15, 0.2) is 5.17 Å². The van der Waals surface area contributed by atoms with E-state index >= 15 is 0 Å². The van der Waals surface area contributed by atoms with Crippen LogP contribution in [-0.4, -0.2) is 26.7 Å². The van der Waals surface area contributed by atoms with E-state index in [0.29, 0.717) is 6.04 Å². The fraction of sp³-hybridized carbons (Fsp3) is 0.333. The molecule has 0 amide bonds. The van der Waals surface area contributed by atoms with Gasteiger partial charge in [-0.2, -0.15) is 5.10 Å². The number of aromatic nitrogens is 2. The summed E-state index contributed by atoms with van der Waals surface area (Å²) in [7, 11) is 0. The Morgan fingerprint density at radius 3 is 2.95 bits per heavy atom.